The summed E-state index contributed by atoms with van der Waals surface area (Å²) in [5, 5.41) is 13.9. The van der Waals surface area contributed by atoms with E-state index in [4.69, 9.17) is 14.6 Å². The van der Waals surface area contributed by atoms with Crippen molar-refractivity contribution in [2.75, 3.05) is 19.8 Å². The summed E-state index contributed by atoms with van der Waals surface area (Å²) in [4.78, 5) is 23.2. The van der Waals surface area contributed by atoms with Gasteiger partial charge in [0.25, 0.3) is 0 Å². The highest BCUT2D eigenvalue weighted by Crippen LogP contribution is 2.04. The zero-order valence-corrected chi connectivity index (χ0v) is 14.2. The first-order valence-corrected chi connectivity index (χ1v) is 8.11. The minimum atomic E-state index is -1.23. The third-order valence-electron chi connectivity index (χ3n) is 3.28. The van der Waals surface area contributed by atoms with Crippen LogP contribution in [0.15, 0.2) is 30.3 Å². The van der Waals surface area contributed by atoms with E-state index in [1.807, 2.05) is 44.2 Å². The van der Waals surface area contributed by atoms with Gasteiger partial charge in [-0.3, -0.25) is 4.79 Å². The Labute approximate surface area is 142 Å². The molecule has 0 saturated carbocycles. The summed E-state index contributed by atoms with van der Waals surface area (Å²) < 4.78 is 10.8. The Morgan fingerprint density at radius 3 is 2.29 bits per heavy atom. The van der Waals surface area contributed by atoms with Gasteiger partial charge in [0, 0.05) is 32.6 Å². The van der Waals surface area contributed by atoms with Gasteiger partial charge in [-0.05, 0) is 19.4 Å². The van der Waals surface area contributed by atoms with Crippen LogP contribution in [0.1, 0.15) is 25.8 Å². The molecule has 134 valence electrons. The number of ether oxygens (including phenoxy) is 2. The van der Waals surface area contributed by atoms with Crippen molar-refractivity contribution in [1.29, 1.82) is 0 Å². The minimum Gasteiger partial charge on any atom is -0.465 e. The van der Waals surface area contributed by atoms with Crippen LogP contribution in [0.2, 0.25) is 0 Å². The molecule has 1 atom stereocenters. The van der Waals surface area contributed by atoms with Gasteiger partial charge in [0.1, 0.15) is 6.04 Å². The van der Waals surface area contributed by atoms with E-state index in [-0.39, 0.29) is 12.2 Å². The summed E-state index contributed by atoms with van der Waals surface area (Å²) >= 11 is 0. The van der Waals surface area contributed by atoms with Crippen molar-refractivity contribution in [1.82, 2.24) is 10.6 Å². The van der Waals surface area contributed by atoms with E-state index in [2.05, 4.69) is 10.6 Å². The Balaban J connectivity index is 2.53. The number of nitrogens with one attached hydrogen (secondary N) is 2. The highest BCUT2D eigenvalue weighted by atomic mass is 16.7. The second kappa shape index (κ2) is 11.4. The van der Waals surface area contributed by atoms with Crippen molar-refractivity contribution in [3.8, 4) is 0 Å². The number of hydrogen-bond acceptors (Lipinski definition) is 4. The fraction of sp³-hybridized carbons (Fsp3) is 0.529. The zero-order chi connectivity index (χ0) is 17.8. The van der Waals surface area contributed by atoms with E-state index in [9.17, 15) is 9.59 Å². The molecule has 0 aromatic heterocycles. The van der Waals surface area contributed by atoms with Gasteiger partial charge in [0.2, 0.25) is 5.91 Å². The van der Waals surface area contributed by atoms with Crippen LogP contribution in [-0.2, 0) is 20.7 Å². The molecule has 1 aromatic rings. The van der Waals surface area contributed by atoms with Gasteiger partial charge >= 0.3 is 6.09 Å². The molecule has 1 rings (SSSR count). The van der Waals surface area contributed by atoms with Gasteiger partial charge in [-0.2, -0.15) is 0 Å². The maximum Gasteiger partial charge on any atom is 0.405 e. The first kappa shape index (κ1) is 19.9. The van der Waals surface area contributed by atoms with Crippen LogP contribution in [0.25, 0.3) is 0 Å². The van der Waals surface area contributed by atoms with Gasteiger partial charge in [0.05, 0.1) is 0 Å². The Morgan fingerprint density at radius 1 is 1.12 bits per heavy atom. The van der Waals surface area contributed by atoms with Crippen LogP contribution in [0, 0.1) is 0 Å². The molecule has 0 fully saturated rings. The molecule has 7 nitrogen and oxygen atoms in total. The van der Waals surface area contributed by atoms with Crippen molar-refractivity contribution in [3.63, 3.8) is 0 Å². The van der Waals surface area contributed by atoms with E-state index < -0.39 is 12.1 Å². The topological polar surface area (TPSA) is 96.9 Å². The van der Waals surface area contributed by atoms with Gasteiger partial charge < -0.3 is 25.2 Å². The van der Waals surface area contributed by atoms with Crippen molar-refractivity contribution in [2.24, 2.45) is 0 Å². The Kier molecular flexibility index (Phi) is 9.48. The maximum atomic E-state index is 12.3. The van der Waals surface area contributed by atoms with Gasteiger partial charge in [-0.25, -0.2) is 4.79 Å². The highest BCUT2D eigenvalue weighted by Gasteiger charge is 2.21. The molecular formula is C17H26N2O5. The fourth-order valence-corrected chi connectivity index (χ4v) is 2.23. The first-order chi connectivity index (χ1) is 11.6. The normalized spacial score (nSPS) is 12.0. The molecule has 0 saturated heterocycles. The summed E-state index contributed by atoms with van der Waals surface area (Å²) in [5.74, 6) is -0.368. The van der Waals surface area contributed by atoms with Crippen molar-refractivity contribution in [2.45, 2.75) is 39.0 Å². The van der Waals surface area contributed by atoms with Crippen LogP contribution in [0.4, 0.5) is 4.79 Å². The lowest BCUT2D eigenvalue weighted by atomic mass is 10.1. The molecule has 0 bridgehead atoms. The Morgan fingerprint density at radius 2 is 1.75 bits per heavy atom. The average Bonchev–Trinajstić information content (AvgIpc) is 2.55. The Bertz CT molecular complexity index is 489. The third kappa shape index (κ3) is 7.94. The van der Waals surface area contributed by atoms with E-state index in [0.717, 1.165) is 5.56 Å². The molecule has 0 aliphatic rings. The molecule has 1 unspecified atom stereocenters. The van der Waals surface area contributed by atoms with E-state index >= 15 is 0 Å². The van der Waals surface area contributed by atoms with Crippen LogP contribution in [0.5, 0.6) is 0 Å². The van der Waals surface area contributed by atoms with Gasteiger partial charge in [0.15, 0.2) is 6.29 Å². The monoisotopic (exact) mass is 338 g/mol. The lowest BCUT2D eigenvalue weighted by Gasteiger charge is -2.19. The molecule has 2 amide bonds. The second-order valence-electron chi connectivity index (χ2n) is 5.11. The predicted octanol–water partition coefficient (Wildman–Crippen LogP) is 1.77. The van der Waals surface area contributed by atoms with Gasteiger partial charge in [-0.15, -0.1) is 0 Å². The van der Waals surface area contributed by atoms with E-state index in [0.29, 0.717) is 32.6 Å². The maximum absolute atomic E-state index is 12.3. The van der Waals surface area contributed by atoms with Crippen molar-refractivity contribution >= 4 is 12.0 Å². The molecule has 24 heavy (non-hydrogen) atoms. The number of benzene rings is 1. The van der Waals surface area contributed by atoms with E-state index in [1.54, 1.807) is 0 Å². The predicted molar refractivity (Wildman–Crippen MR) is 89.8 cm³/mol. The molecule has 0 heterocycles. The number of rotatable bonds is 11. The molecule has 0 radical (unpaired) electrons. The number of carbonyl (C=O) groups is 2. The molecule has 7 heteroatoms. The van der Waals surface area contributed by atoms with Crippen LogP contribution >= 0.6 is 0 Å². The first-order valence-electron chi connectivity index (χ1n) is 8.11. The summed E-state index contributed by atoms with van der Waals surface area (Å²) in [6.07, 6.45) is -0.814. The zero-order valence-electron chi connectivity index (χ0n) is 14.2. The van der Waals surface area contributed by atoms with Crippen LogP contribution in [-0.4, -0.2) is 49.2 Å². The van der Waals surface area contributed by atoms with Gasteiger partial charge in [-0.1, -0.05) is 30.3 Å². The number of carboxylic acid groups (broad SMARTS) is 1. The van der Waals surface area contributed by atoms with Crippen molar-refractivity contribution in [3.05, 3.63) is 35.9 Å². The lowest BCUT2D eigenvalue weighted by molar-refractivity contribution is -0.140. The standard InChI is InChI=1S/C17H26N2O5/c1-3-23-15(24-4-2)10-11-18-16(20)14(19-17(21)22)12-13-8-6-5-7-9-13/h5-9,14-15,19H,3-4,10-12H2,1-2H3,(H,18,20)(H,21,22). The fourth-order valence-electron chi connectivity index (χ4n) is 2.23. The lowest BCUT2D eigenvalue weighted by Crippen LogP contribution is -2.48. The molecule has 3 N–H and O–H groups in total. The quantitative estimate of drug-likeness (QED) is 0.534. The minimum absolute atomic E-state index is 0.291. The molecular weight excluding hydrogens is 312 g/mol. The second-order valence-corrected chi connectivity index (χ2v) is 5.11. The summed E-state index contributed by atoms with van der Waals surface area (Å²) in [6, 6.07) is 8.42. The number of hydrogen-bond donors (Lipinski definition) is 3. The highest BCUT2D eigenvalue weighted by molar-refractivity contribution is 5.85. The molecule has 1 aromatic carbocycles. The smallest absolute Gasteiger partial charge is 0.405 e. The SMILES string of the molecule is CCOC(CCNC(=O)C(Cc1ccccc1)NC(=O)O)OCC. The number of carbonyl (C=O) groups excluding carboxylic acids is 1. The summed E-state index contributed by atoms with van der Waals surface area (Å²) in [7, 11) is 0. The third-order valence-corrected chi connectivity index (χ3v) is 3.28. The average molecular weight is 338 g/mol. The van der Waals surface area contributed by atoms with Crippen molar-refractivity contribution < 1.29 is 24.2 Å². The largest absolute Gasteiger partial charge is 0.465 e. The van der Waals surface area contributed by atoms with E-state index in [1.165, 1.54) is 0 Å². The summed E-state index contributed by atoms with van der Waals surface area (Å²) in [5.41, 5.74) is 0.882. The molecule has 0 aliphatic carbocycles. The summed E-state index contributed by atoms with van der Waals surface area (Å²) in [6.45, 7) is 5.14. The number of amides is 2. The Hall–Kier alpha value is -2.12. The van der Waals surface area contributed by atoms with Crippen LogP contribution < -0.4 is 10.6 Å². The molecule has 0 aliphatic heterocycles. The molecule has 0 spiro atoms. The van der Waals surface area contributed by atoms with Crippen LogP contribution in [0.3, 0.4) is 0 Å².